The average Bonchev–Trinajstić information content (AvgIpc) is 2.48. The summed E-state index contributed by atoms with van der Waals surface area (Å²) in [5.74, 6) is 0. The molecule has 21 heavy (non-hydrogen) atoms. The molecule has 0 spiro atoms. The molecule has 0 N–H and O–H groups in total. The first-order chi connectivity index (χ1) is 10.1. The maximum absolute atomic E-state index is 10.7. The van der Waals surface area contributed by atoms with Crippen LogP contribution in [-0.4, -0.2) is 19.9 Å². The molecule has 0 aromatic heterocycles. The number of benzene rings is 3. The van der Waals surface area contributed by atoms with Crippen LogP contribution in [0.4, 0.5) is 5.69 Å². The molecule has 0 amide bonds. The SMILES string of the molecule is O=[N+]([O-])c1ccc([Se]c2cccc3cccc(Cl)c23)cc1. The van der Waals surface area contributed by atoms with Crippen molar-refractivity contribution in [3.05, 3.63) is 75.8 Å². The van der Waals surface area contributed by atoms with Gasteiger partial charge >= 0.3 is 133 Å². The number of halogens is 1. The van der Waals surface area contributed by atoms with Crippen LogP contribution in [0.25, 0.3) is 10.8 Å². The van der Waals surface area contributed by atoms with Gasteiger partial charge in [0.05, 0.1) is 0 Å². The number of hydrogen-bond acceptors (Lipinski definition) is 2. The Kier molecular flexibility index (Phi) is 3.93. The second-order valence-electron chi connectivity index (χ2n) is 4.45. The molecule has 3 rings (SSSR count). The van der Waals surface area contributed by atoms with E-state index in [1.807, 2.05) is 42.5 Å². The molecule has 0 unspecified atom stereocenters. The standard InChI is InChI=1S/C16H10ClNO2Se/c17-14-5-1-3-11-4-2-6-15(16(11)14)21-13-9-7-12(8-10-13)18(19)20/h1-10H. The summed E-state index contributed by atoms with van der Waals surface area (Å²) < 4.78 is 2.26. The Labute approximate surface area is 132 Å². The van der Waals surface area contributed by atoms with E-state index in [4.69, 9.17) is 11.6 Å². The summed E-state index contributed by atoms with van der Waals surface area (Å²) in [6, 6.07) is 18.7. The Morgan fingerprint density at radius 3 is 2.29 bits per heavy atom. The second kappa shape index (κ2) is 5.86. The van der Waals surface area contributed by atoms with Gasteiger partial charge in [0, 0.05) is 0 Å². The van der Waals surface area contributed by atoms with Crippen LogP contribution in [0.3, 0.4) is 0 Å². The number of nitrogens with zero attached hydrogens (tertiary/aromatic N) is 1. The van der Waals surface area contributed by atoms with E-state index < -0.39 is 0 Å². The van der Waals surface area contributed by atoms with E-state index in [0.717, 1.165) is 20.3 Å². The predicted molar refractivity (Wildman–Crippen MR) is 87.1 cm³/mol. The third-order valence-electron chi connectivity index (χ3n) is 3.09. The Morgan fingerprint density at radius 1 is 0.952 bits per heavy atom. The van der Waals surface area contributed by atoms with Crippen molar-refractivity contribution in [1.82, 2.24) is 0 Å². The molecule has 0 aliphatic rings. The number of fused-ring (bicyclic) bond motifs is 1. The van der Waals surface area contributed by atoms with Crippen LogP contribution in [0.15, 0.2) is 60.7 Å². The van der Waals surface area contributed by atoms with Crippen molar-refractivity contribution in [1.29, 1.82) is 0 Å². The van der Waals surface area contributed by atoms with E-state index in [2.05, 4.69) is 6.07 Å². The van der Waals surface area contributed by atoms with Crippen molar-refractivity contribution in [2.75, 3.05) is 0 Å². The number of nitro benzene ring substituents is 1. The molecule has 0 bridgehead atoms. The van der Waals surface area contributed by atoms with Crippen molar-refractivity contribution in [2.24, 2.45) is 0 Å². The van der Waals surface area contributed by atoms with Gasteiger partial charge in [-0.15, -0.1) is 0 Å². The van der Waals surface area contributed by atoms with E-state index in [9.17, 15) is 10.1 Å². The first kappa shape index (κ1) is 14.1. The van der Waals surface area contributed by atoms with Gasteiger partial charge in [-0.25, -0.2) is 0 Å². The van der Waals surface area contributed by atoms with Gasteiger partial charge in [0.25, 0.3) is 0 Å². The van der Waals surface area contributed by atoms with Crippen LogP contribution in [0.5, 0.6) is 0 Å². The zero-order chi connectivity index (χ0) is 14.8. The van der Waals surface area contributed by atoms with Crippen LogP contribution in [0, 0.1) is 10.1 Å². The Balaban J connectivity index is 2.00. The number of rotatable bonds is 3. The van der Waals surface area contributed by atoms with Crippen LogP contribution in [0.2, 0.25) is 5.02 Å². The number of non-ortho nitro benzene ring substituents is 1. The number of nitro groups is 1. The van der Waals surface area contributed by atoms with Crippen molar-refractivity contribution in [3.63, 3.8) is 0 Å². The van der Waals surface area contributed by atoms with Crippen LogP contribution >= 0.6 is 11.6 Å². The van der Waals surface area contributed by atoms with Gasteiger partial charge in [-0.1, -0.05) is 0 Å². The van der Waals surface area contributed by atoms with E-state index in [-0.39, 0.29) is 25.6 Å². The molecule has 0 saturated heterocycles. The molecule has 3 nitrogen and oxygen atoms in total. The van der Waals surface area contributed by atoms with Gasteiger partial charge in [-0.3, -0.25) is 0 Å². The molecule has 0 aliphatic carbocycles. The summed E-state index contributed by atoms with van der Waals surface area (Å²) in [4.78, 5) is 10.3. The van der Waals surface area contributed by atoms with Crippen molar-refractivity contribution < 1.29 is 4.92 Å². The van der Waals surface area contributed by atoms with Gasteiger partial charge in [-0.05, 0) is 0 Å². The van der Waals surface area contributed by atoms with Gasteiger partial charge in [0.1, 0.15) is 0 Å². The monoisotopic (exact) mass is 363 g/mol. The molecule has 0 saturated carbocycles. The second-order valence-corrected chi connectivity index (χ2v) is 7.19. The topological polar surface area (TPSA) is 43.1 Å². The Hall–Kier alpha value is -1.87. The van der Waals surface area contributed by atoms with E-state index in [1.165, 1.54) is 4.46 Å². The fourth-order valence-corrected chi connectivity index (χ4v) is 4.62. The van der Waals surface area contributed by atoms with Crippen molar-refractivity contribution >= 4 is 51.9 Å². The molecule has 104 valence electrons. The maximum atomic E-state index is 10.7. The zero-order valence-corrected chi connectivity index (χ0v) is 13.3. The van der Waals surface area contributed by atoms with E-state index in [1.54, 1.807) is 12.1 Å². The summed E-state index contributed by atoms with van der Waals surface area (Å²) >= 11 is 6.37. The van der Waals surface area contributed by atoms with Crippen molar-refractivity contribution in [2.45, 2.75) is 0 Å². The molecule has 0 heterocycles. The van der Waals surface area contributed by atoms with Crippen LogP contribution in [-0.2, 0) is 0 Å². The third kappa shape index (κ3) is 2.93. The minimum atomic E-state index is -0.383. The molecule has 0 fully saturated rings. The van der Waals surface area contributed by atoms with E-state index >= 15 is 0 Å². The first-order valence-corrected chi connectivity index (χ1v) is 8.34. The first-order valence-electron chi connectivity index (χ1n) is 6.25. The molecule has 0 radical (unpaired) electrons. The van der Waals surface area contributed by atoms with E-state index in [0.29, 0.717) is 0 Å². The van der Waals surface area contributed by atoms with Gasteiger partial charge in [0.15, 0.2) is 0 Å². The Morgan fingerprint density at radius 2 is 1.62 bits per heavy atom. The summed E-state index contributed by atoms with van der Waals surface area (Å²) in [5, 5.41) is 13.6. The normalized spacial score (nSPS) is 10.7. The molecular formula is C16H10ClNO2Se. The predicted octanol–water partition coefficient (Wildman–Crippen LogP) is 3.06. The summed E-state index contributed by atoms with van der Waals surface area (Å²) in [5.41, 5.74) is 0.116. The van der Waals surface area contributed by atoms with Crippen LogP contribution < -0.4 is 8.92 Å². The zero-order valence-electron chi connectivity index (χ0n) is 10.8. The van der Waals surface area contributed by atoms with Gasteiger partial charge < -0.3 is 0 Å². The molecule has 0 aliphatic heterocycles. The third-order valence-corrected chi connectivity index (χ3v) is 5.65. The van der Waals surface area contributed by atoms with Gasteiger partial charge in [0.2, 0.25) is 0 Å². The molecule has 5 heteroatoms. The minimum absolute atomic E-state index is 0.0552. The molecule has 3 aromatic rings. The molecule has 3 aromatic carbocycles. The average molecular weight is 363 g/mol. The fraction of sp³-hybridized carbons (Fsp3) is 0. The summed E-state index contributed by atoms with van der Waals surface area (Å²) in [6.07, 6.45) is 0. The number of hydrogen-bond donors (Lipinski definition) is 0. The summed E-state index contributed by atoms with van der Waals surface area (Å²) in [6.45, 7) is 0. The van der Waals surface area contributed by atoms with Crippen molar-refractivity contribution in [3.8, 4) is 0 Å². The quantitative estimate of drug-likeness (QED) is 0.408. The molecular weight excluding hydrogens is 353 g/mol. The Bertz CT molecular complexity index is 813. The summed E-state index contributed by atoms with van der Waals surface area (Å²) in [7, 11) is 0. The van der Waals surface area contributed by atoms with Gasteiger partial charge in [-0.2, -0.15) is 0 Å². The molecule has 0 atom stereocenters. The fourth-order valence-electron chi connectivity index (χ4n) is 2.11. The van der Waals surface area contributed by atoms with Crippen LogP contribution in [0.1, 0.15) is 0 Å².